The van der Waals surface area contributed by atoms with Gasteiger partial charge in [0.2, 0.25) is 5.91 Å². The Bertz CT molecular complexity index is 352. The van der Waals surface area contributed by atoms with Gasteiger partial charge in [0, 0.05) is 0 Å². The predicted octanol–water partition coefficient (Wildman–Crippen LogP) is 2.35. The summed E-state index contributed by atoms with van der Waals surface area (Å²) in [6.45, 7) is 3.65. The van der Waals surface area contributed by atoms with Crippen LogP contribution < -0.4 is 5.32 Å². The van der Waals surface area contributed by atoms with Crippen molar-refractivity contribution >= 4 is 21.8 Å². The van der Waals surface area contributed by atoms with Gasteiger partial charge in [-0.25, -0.2) is 0 Å². The smallest absolute Gasteiger partial charge is 0.233 e. The van der Waals surface area contributed by atoms with Crippen LogP contribution in [-0.4, -0.2) is 15.8 Å². The van der Waals surface area contributed by atoms with Gasteiger partial charge >= 0.3 is 0 Å². The Hall–Kier alpha value is -1.03. The molecule has 0 spiro atoms. The number of hydrogen-bond acceptors (Lipinski definition) is 2. The summed E-state index contributed by atoms with van der Waals surface area (Å²) in [4.78, 5) is 11.2. The number of aromatic hydroxyl groups is 1. The molecule has 0 heterocycles. The van der Waals surface area contributed by atoms with Gasteiger partial charge in [-0.1, -0.05) is 28.1 Å². The van der Waals surface area contributed by atoms with Crippen LogP contribution >= 0.6 is 15.9 Å². The summed E-state index contributed by atoms with van der Waals surface area (Å²) in [6, 6.07) is 6.76. The van der Waals surface area contributed by atoms with Crippen LogP contribution in [0.5, 0.6) is 5.75 Å². The molecule has 3 nitrogen and oxygen atoms in total. The number of halogens is 1. The minimum Gasteiger partial charge on any atom is -0.508 e. The fourth-order valence-electron chi connectivity index (χ4n) is 1.21. The molecule has 0 aliphatic heterocycles. The number of hydrogen-bond donors (Lipinski definition) is 2. The zero-order valence-corrected chi connectivity index (χ0v) is 10.3. The van der Waals surface area contributed by atoms with Crippen LogP contribution in [0.25, 0.3) is 0 Å². The van der Waals surface area contributed by atoms with E-state index in [4.69, 9.17) is 0 Å². The number of phenolic OH excluding ortho intramolecular Hbond substituents is 1. The van der Waals surface area contributed by atoms with Gasteiger partial charge in [-0.3, -0.25) is 4.79 Å². The lowest BCUT2D eigenvalue weighted by atomic mass is 10.1. The van der Waals surface area contributed by atoms with Crippen molar-refractivity contribution in [2.75, 3.05) is 0 Å². The Labute approximate surface area is 97.6 Å². The van der Waals surface area contributed by atoms with E-state index in [1.165, 1.54) is 0 Å². The molecule has 1 rings (SSSR count). The fraction of sp³-hybridized carbons (Fsp3) is 0.364. The van der Waals surface area contributed by atoms with Crippen molar-refractivity contribution in [3.63, 3.8) is 0 Å². The lowest BCUT2D eigenvalue weighted by molar-refractivity contribution is -0.120. The van der Waals surface area contributed by atoms with Crippen LogP contribution in [0.3, 0.4) is 0 Å². The number of phenols is 1. The molecule has 82 valence electrons. The Morgan fingerprint density at radius 2 is 2.13 bits per heavy atom. The number of alkyl halides is 1. The molecule has 1 amide bonds. The van der Waals surface area contributed by atoms with Gasteiger partial charge in [0.05, 0.1) is 10.9 Å². The van der Waals surface area contributed by atoms with Crippen LogP contribution in [0.2, 0.25) is 0 Å². The molecule has 15 heavy (non-hydrogen) atoms. The second-order valence-electron chi connectivity index (χ2n) is 3.44. The molecular weight excluding hydrogens is 258 g/mol. The Kier molecular flexibility index (Phi) is 4.15. The Morgan fingerprint density at radius 1 is 1.47 bits per heavy atom. The maximum atomic E-state index is 11.4. The zero-order valence-electron chi connectivity index (χ0n) is 8.70. The molecule has 0 aliphatic rings. The number of carbonyl (C=O) groups excluding carboxylic acids is 1. The first kappa shape index (κ1) is 12.0. The fourth-order valence-corrected chi connectivity index (χ4v) is 1.34. The van der Waals surface area contributed by atoms with Crippen molar-refractivity contribution in [2.24, 2.45) is 0 Å². The first-order valence-corrected chi connectivity index (χ1v) is 5.65. The van der Waals surface area contributed by atoms with E-state index in [1.54, 1.807) is 25.1 Å². The molecule has 1 aromatic carbocycles. The van der Waals surface area contributed by atoms with E-state index in [0.29, 0.717) is 0 Å². The van der Waals surface area contributed by atoms with Gasteiger partial charge in [-0.05, 0) is 31.5 Å². The molecule has 2 unspecified atom stereocenters. The van der Waals surface area contributed by atoms with Gasteiger partial charge < -0.3 is 10.4 Å². The van der Waals surface area contributed by atoms with Crippen molar-refractivity contribution in [1.82, 2.24) is 5.32 Å². The molecule has 2 atom stereocenters. The monoisotopic (exact) mass is 271 g/mol. The van der Waals surface area contributed by atoms with Crippen molar-refractivity contribution in [3.05, 3.63) is 29.8 Å². The van der Waals surface area contributed by atoms with Crippen molar-refractivity contribution in [3.8, 4) is 5.75 Å². The highest BCUT2D eigenvalue weighted by atomic mass is 79.9. The van der Waals surface area contributed by atoms with E-state index in [1.807, 2.05) is 13.0 Å². The second-order valence-corrected chi connectivity index (χ2v) is 4.81. The maximum Gasteiger partial charge on any atom is 0.233 e. The van der Waals surface area contributed by atoms with E-state index in [9.17, 15) is 9.90 Å². The van der Waals surface area contributed by atoms with Crippen molar-refractivity contribution in [1.29, 1.82) is 0 Å². The van der Waals surface area contributed by atoms with Gasteiger partial charge in [0.25, 0.3) is 0 Å². The summed E-state index contributed by atoms with van der Waals surface area (Å²) < 4.78 is 0. The minimum atomic E-state index is -0.211. The van der Waals surface area contributed by atoms with Gasteiger partial charge in [0.1, 0.15) is 5.75 Å². The van der Waals surface area contributed by atoms with E-state index in [2.05, 4.69) is 21.2 Å². The van der Waals surface area contributed by atoms with Gasteiger partial charge in [-0.2, -0.15) is 0 Å². The highest BCUT2D eigenvalue weighted by Gasteiger charge is 2.13. The number of carbonyl (C=O) groups is 1. The topological polar surface area (TPSA) is 49.3 Å². The van der Waals surface area contributed by atoms with E-state index in [-0.39, 0.29) is 22.5 Å². The molecular formula is C11H14BrNO2. The summed E-state index contributed by atoms with van der Waals surface area (Å²) in [6.07, 6.45) is 0. The average Bonchev–Trinajstić information content (AvgIpc) is 2.17. The molecule has 4 heteroatoms. The number of nitrogens with one attached hydrogen (secondary N) is 1. The lowest BCUT2D eigenvalue weighted by Gasteiger charge is -2.15. The van der Waals surface area contributed by atoms with Crippen LogP contribution in [-0.2, 0) is 4.79 Å². The molecule has 0 aromatic heterocycles. The van der Waals surface area contributed by atoms with Gasteiger partial charge in [-0.15, -0.1) is 0 Å². The molecule has 0 radical (unpaired) electrons. The van der Waals surface area contributed by atoms with Crippen molar-refractivity contribution in [2.45, 2.75) is 24.7 Å². The molecule has 0 saturated heterocycles. The van der Waals surface area contributed by atoms with Crippen molar-refractivity contribution < 1.29 is 9.90 Å². The molecule has 1 aromatic rings. The lowest BCUT2D eigenvalue weighted by Crippen LogP contribution is -2.31. The van der Waals surface area contributed by atoms with E-state index in [0.717, 1.165) is 5.56 Å². The molecule has 0 aliphatic carbocycles. The number of rotatable bonds is 3. The first-order chi connectivity index (χ1) is 7.00. The minimum absolute atomic E-state index is 0.0640. The molecule has 0 saturated carbocycles. The third-order valence-corrected chi connectivity index (χ3v) is 2.51. The highest BCUT2D eigenvalue weighted by Crippen LogP contribution is 2.18. The molecule has 0 fully saturated rings. The summed E-state index contributed by atoms with van der Waals surface area (Å²) in [5.74, 6) is 0.145. The Balaban J connectivity index is 2.69. The third kappa shape index (κ3) is 3.55. The quantitative estimate of drug-likeness (QED) is 0.830. The Morgan fingerprint density at radius 3 is 2.67 bits per heavy atom. The van der Waals surface area contributed by atoms with E-state index >= 15 is 0 Å². The van der Waals surface area contributed by atoms with Crippen LogP contribution in [0.15, 0.2) is 24.3 Å². The maximum absolute atomic E-state index is 11.4. The summed E-state index contributed by atoms with van der Waals surface area (Å²) >= 11 is 3.19. The SMILES string of the molecule is CC(Br)C(=O)NC(C)c1cccc(O)c1. The predicted molar refractivity (Wildman–Crippen MR) is 63.1 cm³/mol. The number of benzene rings is 1. The van der Waals surface area contributed by atoms with E-state index < -0.39 is 0 Å². The second kappa shape index (κ2) is 5.16. The molecule has 2 N–H and O–H groups in total. The van der Waals surface area contributed by atoms with Crippen LogP contribution in [0.1, 0.15) is 25.5 Å². The molecule has 0 bridgehead atoms. The highest BCUT2D eigenvalue weighted by molar-refractivity contribution is 9.10. The number of amides is 1. The van der Waals surface area contributed by atoms with Crippen LogP contribution in [0.4, 0.5) is 0 Å². The third-order valence-electron chi connectivity index (χ3n) is 2.09. The first-order valence-electron chi connectivity index (χ1n) is 4.74. The van der Waals surface area contributed by atoms with Crippen LogP contribution in [0, 0.1) is 0 Å². The largest absolute Gasteiger partial charge is 0.508 e. The zero-order chi connectivity index (χ0) is 11.4. The van der Waals surface area contributed by atoms with Gasteiger partial charge in [0.15, 0.2) is 0 Å². The summed E-state index contributed by atoms with van der Waals surface area (Å²) in [5, 5.41) is 12.1. The summed E-state index contributed by atoms with van der Waals surface area (Å²) in [7, 11) is 0. The standard InChI is InChI=1S/C11H14BrNO2/c1-7(12)11(15)13-8(2)9-4-3-5-10(14)6-9/h3-8,14H,1-2H3,(H,13,15). The normalized spacial score (nSPS) is 14.3. The summed E-state index contributed by atoms with van der Waals surface area (Å²) in [5.41, 5.74) is 0.886. The average molecular weight is 272 g/mol.